The number of hydrazone groups is 1. The Labute approximate surface area is 182 Å². The van der Waals surface area contributed by atoms with Crippen LogP contribution in [0.2, 0.25) is 0 Å². The molecule has 4 rings (SSSR count). The summed E-state index contributed by atoms with van der Waals surface area (Å²) >= 11 is 0. The van der Waals surface area contributed by atoms with Gasteiger partial charge in [-0.3, -0.25) is 14.4 Å². The van der Waals surface area contributed by atoms with Crippen LogP contribution in [0.15, 0.2) is 59.7 Å². The Morgan fingerprint density at radius 1 is 1.10 bits per heavy atom. The number of carbonyl (C=O) groups excluding carboxylic acids is 1. The van der Waals surface area contributed by atoms with E-state index in [1.54, 1.807) is 17.1 Å². The van der Waals surface area contributed by atoms with Crippen molar-refractivity contribution < 1.29 is 17.9 Å². The topological polar surface area (TPSA) is 91.3 Å². The molecule has 2 heterocycles. The zero-order valence-electron chi connectivity index (χ0n) is 17.4. The number of nitrogens with zero attached hydrogens (tertiary/aromatic N) is 3. The third-order valence-electron chi connectivity index (χ3n) is 5.35. The van der Waals surface area contributed by atoms with E-state index in [0.717, 1.165) is 11.8 Å². The van der Waals surface area contributed by atoms with Crippen LogP contribution in [0, 0.1) is 0 Å². The molecule has 2 aromatic rings. The van der Waals surface area contributed by atoms with Crippen LogP contribution < -0.4 is 4.72 Å². The smallest absolute Gasteiger partial charge is 0.257 e. The minimum absolute atomic E-state index is 0.0840. The maximum Gasteiger partial charge on any atom is 0.257 e. The maximum absolute atomic E-state index is 13.2. The highest BCUT2D eigenvalue weighted by Gasteiger charge is 2.34. The summed E-state index contributed by atoms with van der Waals surface area (Å²) in [5, 5.41) is 6.23. The van der Waals surface area contributed by atoms with Gasteiger partial charge in [-0.1, -0.05) is 48.5 Å². The van der Waals surface area contributed by atoms with E-state index in [9.17, 15) is 13.2 Å². The number of morpholine rings is 1. The molecule has 8 nitrogen and oxygen atoms in total. The van der Waals surface area contributed by atoms with Gasteiger partial charge in [0.1, 0.15) is 0 Å². The second-order valence-electron chi connectivity index (χ2n) is 7.72. The molecule has 2 aliphatic rings. The molecule has 0 spiro atoms. The molecular weight excluding hydrogens is 416 g/mol. The minimum atomic E-state index is -3.45. The van der Waals surface area contributed by atoms with Gasteiger partial charge in [-0.2, -0.15) is 5.10 Å². The van der Waals surface area contributed by atoms with Crippen LogP contribution in [0.3, 0.4) is 0 Å². The van der Waals surface area contributed by atoms with E-state index in [1.807, 2.05) is 42.5 Å². The molecule has 0 bridgehead atoms. The van der Waals surface area contributed by atoms with Crippen molar-refractivity contribution in [3.63, 3.8) is 0 Å². The van der Waals surface area contributed by atoms with E-state index in [1.165, 1.54) is 0 Å². The van der Waals surface area contributed by atoms with Crippen LogP contribution in [0.1, 0.15) is 23.6 Å². The Morgan fingerprint density at radius 2 is 1.77 bits per heavy atom. The van der Waals surface area contributed by atoms with E-state index < -0.39 is 10.0 Å². The molecule has 1 saturated heterocycles. The lowest BCUT2D eigenvalue weighted by molar-refractivity contribution is -0.135. The molecule has 0 saturated carbocycles. The number of sulfonamides is 1. The van der Waals surface area contributed by atoms with Crippen molar-refractivity contribution in [3.05, 3.63) is 65.7 Å². The number of hydrogen-bond donors (Lipinski definition) is 1. The maximum atomic E-state index is 13.2. The highest BCUT2D eigenvalue weighted by atomic mass is 32.2. The first-order valence-corrected chi connectivity index (χ1v) is 12.1. The van der Waals surface area contributed by atoms with Gasteiger partial charge in [0, 0.05) is 25.1 Å². The van der Waals surface area contributed by atoms with Gasteiger partial charge in [0.15, 0.2) is 0 Å². The largest absolute Gasteiger partial charge is 0.379 e. The molecule has 0 unspecified atom stereocenters. The predicted molar refractivity (Wildman–Crippen MR) is 119 cm³/mol. The molecule has 0 aromatic heterocycles. The Bertz CT molecular complexity index is 1070. The van der Waals surface area contributed by atoms with Crippen molar-refractivity contribution in [2.75, 3.05) is 43.8 Å². The average molecular weight is 443 g/mol. The van der Waals surface area contributed by atoms with Crippen LogP contribution in [-0.2, 0) is 19.6 Å². The summed E-state index contributed by atoms with van der Waals surface area (Å²) in [6.45, 7) is 2.94. The molecule has 1 fully saturated rings. The summed E-state index contributed by atoms with van der Waals surface area (Å²) in [5.74, 6) is -0.0840. The molecular formula is C22H26N4O4S. The molecule has 2 aliphatic heterocycles. The van der Waals surface area contributed by atoms with Crippen molar-refractivity contribution in [1.82, 2.24) is 9.91 Å². The van der Waals surface area contributed by atoms with Gasteiger partial charge in [-0.15, -0.1) is 0 Å². The number of benzene rings is 2. The standard InChI is InChI=1S/C22H26N4O4S/c1-31(28,29)24-19-10-6-5-9-18(19)20-15-21(17-7-3-2-4-8-17)26(23-20)22(27)16-25-11-13-30-14-12-25/h2-10,21,24H,11-16H2,1H3/t21-/m0/s1. The summed E-state index contributed by atoms with van der Waals surface area (Å²) in [5.41, 5.74) is 2.80. The van der Waals surface area contributed by atoms with Crippen LogP contribution >= 0.6 is 0 Å². The fraction of sp³-hybridized carbons (Fsp3) is 0.364. The van der Waals surface area contributed by atoms with Crippen molar-refractivity contribution in [3.8, 4) is 0 Å². The minimum Gasteiger partial charge on any atom is -0.379 e. The fourth-order valence-corrected chi connectivity index (χ4v) is 4.46. The van der Waals surface area contributed by atoms with Crippen LogP contribution in [0.4, 0.5) is 5.69 Å². The third-order valence-corrected chi connectivity index (χ3v) is 5.94. The van der Waals surface area contributed by atoms with Gasteiger partial charge in [0.05, 0.1) is 43.5 Å². The van der Waals surface area contributed by atoms with Gasteiger partial charge in [-0.25, -0.2) is 13.4 Å². The second kappa shape index (κ2) is 9.17. The number of para-hydroxylation sites is 1. The molecule has 1 atom stereocenters. The van der Waals surface area contributed by atoms with Gasteiger partial charge in [-0.05, 0) is 11.6 Å². The van der Waals surface area contributed by atoms with E-state index >= 15 is 0 Å². The molecule has 0 radical (unpaired) electrons. The molecule has 1 N–H and O–H groups in total. The highest BCUT2D eigenvalue weighted by Crippen LogP contribution is 2.34. The average Bonchev–Trinajstić information content (AvgIpc) is 3.20. The highest BCUT2D eigenvalue weighted by molar-refractivity contribution is 7.92. The number of amides is 1. The van der Waals surface area contributed by atoms with E-state index in [2.05, 4.69) is 14.7 Å². The fourth-order valence-electron chi connectivity index (χ4n) is 3.88. The quantitative estimate of drug-likeness (QED) is 0.740. The zero-order chi connectivity index (χ0) is 21.8. The molecule has 164 valence electrons. The lowest BCUT2D eigenvalue weighted by Crippen LogP contribution is -2.43. The first kappa shape index (κ1) is 21.5. The van der Waals surface area contributed by atoms with E-state index in [4.69, 9.17) is 4.74 Å². The number of hydrogen-bond acceptors (Lipinski definition) is 6. The van der Waals surface area contributed by atoms with Gasteiger partial charge >= 0.3 is 0 Å². The molecule has 2 aromatic carbocycles. The molecule has 0 aliphatic carbocycles. The number of nitrogens with one attached hydrogen (secondary N) is 1. The van der Waals surface area contributed by atoms with Gasteiger partial charge in [0.2, 0.25) is 10.0 Å². The Morgan fingerprint density at radius 3 is 2.48 bits per heavy atom. The third kappa shape index (κ3) is 5.30. The zero-order valence-corrected chi connectivity index (χ0v) is 18.2. The Hall–Kier alpha value is -2.75. The Kier molecular flexibility index (Phi) is 6.35. The van der Waals surface area contributed by atoms with Crippen LogP contribution in [0.25, 0.3) is 0 Å². The normalized spacial score (nSPS) is 19.8. The lowest BCUT2D eigenvalue weighted by Gasteiger charge is -2.29. The number of anilines is 1. The first-order chi connectivity index (χ1) is 14.9. The van der Waals surface area contributed by atoms with Crippen molar-refractivity contribution in [2.24, 2.45) is 5.10 Å². The SMILES string of the molecule is CS(=O)(=O)Nc1ccccc1C1=NN(C(=O)CN2CCOCC2)[C@H](c2ccccc2)C1. The van der Waals surface area contributed by atoms with Crippen molar-refractivity contribution >= 4 is 27.3 Å². The van der Waals surface area contributed by atoms with Gasteiger partial charge < -0.3 is 4.74 Å². The lowest BCUT2D eigenvalue weighted by atomic mass is 9.97. The second-order valence-corrected chi connectivity index (χ2v) is 9.47. The van der Waals surface area contributed by atoms with E-state index in [0.29, 0.717) is 49.7 Å². The number of carbonyl (C=O) groups is 1. The van der Waals surface area contributed by atoms with Crippen LogP contribution in [-0.4, -0.2) is 69.0 Å². The van der Waals surface area contributed by atoms with Crippen LogP contribution in [0.5, 0.6) is 0 Å². The van der Waals surface area contributed by atoms with E-state index in [-0.39, 0.29) is 18.5 Å². The van der Waals surface area contributed by atoms with Gasteiger partial charge in [0.25, 0.3) is 5.91 Å². The predicted octanol–water partition coefficient (Wildman–Crippen LogP) is 2.07. The Balaban J connectivity index is 1.65. The summed E-state index contributed by atoms with van der Waals surface area (Å²) in [6.07, 6.45) is 1.62. The molecule has 9 heteroatoms. The first-order valence-electron chi connectivity index (χ1n) is 10.2. The van der Waals surface area contributed by atoms with Crippen molar-refractivity contribution in [2.45, 2.75) is 12.5 Å². The summed E-state index contributed by atoms with van der Waals surface area (Å²) < 4.78 is 31.6. The van der Waals surface area contributed by atoms with Crippen molar-refractivity contribution in [1.29, 1.82) is 0 Å². The molecule has 31 heavy (non-hydrogen) atoms. The number of ether oxygens (including phenoxy) is 1. The summed E-state index contributed by atoms with van der Waals surface area (Å²) in [7, 11) is -3.45. The number of rotatable bonds is 6. The molecule has 1 amide bonds. The summed E-state index contributed by atoms with van der Waals surface area (Å²) in [4.78, 5) is 15.3. The monoisotopic (exact) mass is 442 g/mol. The summed E-state index contributed by atoms with van der Waals surface area (Å²) in [6, 6.07) is 16.7.